The number of imidazole rings is 1. The maximum Gasteiger partial charge on any atom is 0.419 e. The first-order valence-corrected chi connectivity index (χ1v) is 13.6. The fourth-order valence-corrected chi connectivity index (χ4v) is 4.83. The molecule has 226 valence electrons. The third kappa shape index (κ3) is 5.93. The molecule has 0 bridgehead atoms. The van der Waals surface area contributed by atoms with E-state index >= 15 is 0 Å². The van der Waals surface area contributed by atoms with Gasteiger partial charge in [0.25, 0.3) is 5.56 Å². The summed E-state index contributed by atoms with van der Waals surface area (Å²) in [4.78, 5) is 57.4. The number of nitrogens with zero attached hydrogens (tertiary/aromatic N) is 5. The monoisotopic (exact) mass is 602 g/mol. The van der Waals surface area contributed by atoms with Gasteiger partial charge in [-0.15, -0.1) is 0 Å². The number of hydrogen-bond acceptors (Lipinski definition) is 8. The molecule has 3 heterocycles. The molecule has 0 saturated carbocycles. The predicted octanol–water partition coefficient (Wildman–Crippen LogP) is 3.43. The van der Waals surface area contributed by atoms with Crippen LogP contribution in [-0.4, -0.2) is 58.4 Å². The molecule has 0 spiro atoms. The molecule has 0 aliphatic carbocycles. The van der Waals surface area contributed by atoms with Crippen molar-refractivity contribution < 1.29 is 24.2 Å². The first kappa shape index (κ1) is 30.8. The number of alkyl carbamates (subject to hydrolysis) is 1. The van der Waals surface area contributed by atoms with Gasteiger partial charge in [-0.3, -0.25) is 13.9 Å². The van der Waals surface area contributed by atoms with E-state index in [-0.39, 0.29) is 23.5 Å². The lowest BCUT2D eigenvalue weighted by atomic mass is 10.2. The second-order valence-electron chi connectivity index (χ2n) is 11.9. The number of carbonyl (C=O) groups is 2. The van der Waals surface area contributed by atoms with Gasteiger partial charge in [0.2, 0.25) is 0 Å². The summed E-state index contributed by atoms with van der Waals surface area (Å²) in [5.74, 6) is 0.137. The Balaban J connectivity index is 1.85. The fourth-order valence-electron chi connectivity index (χ4n) is 4.60. The number of rotatable bonds is 5. The van der Waals surface area contributed by atoms with Crippen molar-refractivity contribution in [3.63, 3.8) is 0 Å². The van der Waals surface area contributed by atoms with E-state index in [4.69, 9.17) is 21.1 Å². The second-order valence-corrected chi connectivity index (χ2v) is 12.3. The van der Waals surface area contributed by atoms with Crippen LogP contribution in [0.3, 0.4) is 0 Å². The molecule has 1 amide bonds. The van der Waals surface area contributed by atoms with E-state index < -0.39 is 47.3 Å². The van der Waals surface area contributed by atoms with E-state index in [0.717, 1.165) is 4.57 Å². The Kier molecular flexibility index (Phi) is 8.04. The van der Waals surface area contributed by atoms with Gasteiger partial charge in [-0.1, -0.05) is 17.7 Å². The smallest absolute Gasteiger partial charge is 0.419 e. The van der Waals surface area contributed by atoms with Crippen molar-refractivity contribution in [2.45, 2.75) is 65.3 Å². The van der Waals surface area contributed by atoms with E-state index in [9.17, 15) is 24.3 Å². The summed E-state index contributed by atoms with van der Waals surface area (Å²) in [5.41, 5.74) is -2.10. The van der Waals surface area contributed by atoms with Crippen LogP contribution in [-0.2, 0) is 30.1 Å². The molecular formula is C28H35ClN6O7. The van der Waals surface area contributed by atoms with Crippen LogP contribution in [0.2, 0.25) is 5.02 Å². The Morgan fingerprint density at radius 1 is 1.05 bits per heavy atom. The van der Waals surface area contributed by atoms with Crippen LogP contribution in [0.1, 0.15) is 59.1 Å². The van der Waals surface area contributed by atoms with Gasteiger partial charge in [-0.2, -0.15) is 0 Å². The lowest BCUT2D eigenvalue weighted by molar-refractivity contribution is 0.0475. The van der Waals surface area contributed by atoms with Gasteiger partial charge in [-0.05, 0) is 59.7 Å². The Morgan fingerprint density at radius 2 is 1.69 bits per heavy atom. The zero-order valence-electron chi connectivity index (χ0n) is 24.8. The second kappa shape index (κ2) is 11.0. The number of fused-ring (bicyclic) bond motifs is 2. The van der Waals surface area contributed by atoms with Crippen LogP contribution in [0, 0.1) is 0 Å². The molecule has 0 aliphatic heterocycles. The summed E-state index contributed by atoms with van der Waals surface area (Å²) >= 11 is 6.42. The van der Waals surface area contributed by atoms with Crippen molar-refractivity contribution in [1.29, 1.82) is 0 Å². The van der Waals surface area contributed by atoms with Gasteiger partial charge in [-0.25, -0.2) is 23.9 Å². The minimum absolute atomic E-state index is 0.0505. The van der Waals surface area contributed by atoms with Crippen LogP contribution >= 0.6 is 11.6 Å². The van der Waals surface area contributed by atoms with Crippen LogP contribution in [0.5, 0.6) is 0 Å². The predicted molar refractivity (Wildman–Crippen MR) is 157 cm³/mol. The molecule has 0 aliphatic rings. The van der Waals surface area contributed by atoms with Crippen molar-refractivity contribution in [2.75, 3.05) is 6.61 Å². The average Bonchev–Trinajstić information content (AvgIpc) is 3.40. The highest BCUT2D eigenvalue weighted by Gasteiger charge is 2.28. The van der Waals surface area contributed by atoms with Crippen LogP contribution in [0.4, 0.5) is 9.59 Å². The van der Waals surface area contributed by atoms with Crippen molar-refractivity contribution in [3.05, 3.63) is 61.6 Å². The quantitative estimate of drug-likeness (QED) is 0.352. The normalized spacial score (nSPS) is 13.0. The van der Waals surface area contributed by atoms with Gasteiger partial charge in [0, 0.05) is 24.5 Å². The number of benzene rings is 1. The van der Waals surface area contributed by atoms with Crippen molar-refractivity contribution in [3.8, 4) is 0 Å². The van der Waals surface area contributed by atoms with Gasteiger partial charge in [0.1, 0.15) is 23.1 Å². The summed E-state index contributed by atoms with van der Waals surface area (Å²) in [6.45, 7) is 9.46. The summed E-state index contributed by atoms with van der Waals surface area (Å²) < 4.78 is 15.8. The minimum atomic E-state index is -1.03. The highest BCUT2D eigenvalue weighted by atomic mass is 35.5. The zero-order chi connectivity index (χ0) is 31.3. The third-order valence-electron chi connectivity index (χ3n) is 6.34. The number of aliphatic hydroxyl groups excluding tert-OH is 1. The standard InChI is InChI=1S/C28H35ClN6O7/c1-27(2,3)41-24(38)30-18(14-36)21-31-22-20(32(21)7)23(37)34(25(39)33(22)8)13-15-12-16-17(29)10-9-11-19(16)35(15)26(40)42-28(4,5)6/h9-12,18,36H,13-14H2,1-8H3,(H,30,38). The van der Waals surface area contributed by atoms with Gasteiger partial charge in [0.05, 0.1) is 24.4 Å². The van der Waals surface area contributed by atoms with Crippen molar-refractivity contribution in [1.82, 2.24) is 28.6 Å². The molecule has 13 nitrogen and oxygen atoms in total. The summed E-state index contributed by atoms with van der Waals surface area (Å²) in [5, 5.41) is 13.5. The number of aryl methyl sites for hydroxylation is 2. The molecule has 42 heavy (non-hydrogen) atoms. The molecule has 0 radical (unpaired) electrons. The average molecular weight is 603 g/mol. The molecule has 0 fully saturated rings. The molecule has 4 rings (SSSR count). The molecule has 0 saturated heterocycles. The number of aromatic nitrogens is 5. The molecule has 2 N–H and O–H groups in total. The van der Waals surface area contributed by atoms with Crippen LogP contribution in [0.15, 0.2) is 33.9 Å². The van der Waals surface area contributed by atoms with E-state index in [0.29, 0.717) is 21.6 Å². The Morgan fingerprint density at radius 3 is 2.29 bits per heavy atom. The van der Waals surface area contributed by atoms with E-state index in [2.05, 4.69) is 10.3 Å². The highest BCUT2D eigenvalue weighted by Crippen LogP contribution is 2.28. The lowest BCUT2D eigenvalue weighted by Crippen LogP contribution is -2.40. The molecule has 1 unspecified atom stereocenters. The number of amides is 1. The van der Waals surface area contributed by atoms with Crippen molar-refractivity contribution >= 4 is 45.9 Å². The number of nitrogens with one attached hydrogen (secondary N) is 1. The number of aliphatic hydroxyl groups is 1. The third-order valence-corrected chi connectivity index (χ3v) is 6.67. The van der Waals surface area contributed by atoms with Crippen LogP contribution < -0.4 is 16.6 Å². The molecule has 1 aromatic carbocycles. The van der Waals surface area contributed by atoms with E-state index in [1.165, 1.54) is 27.8 Å². The maximum atomic E-state index is 13.8. The molecule has 14 heteroatoms. The minimum Gasteiger partial charge on any atom is -0.444 e. The number of hydrogen-bond donors (Lipinski definition) is 2. The summed E-state index contributed by atoms with van der Waals surface area (Å²) in [6.07, 6.45) is -1.48. The Labute approximate surface area is 246 Å². The topological polar surface area (TPSA) is 152 Å². The van der Waals surface area contributed by atoms with Crippen LogP contribution in [0.25, 0.3) is 22.1 Å². The molecule has 3 aromatic heterocycles. The molecular weight excluding hydrogens is 568 g/mol. The SMILES string of the molecule is Cn1c(C(CO)NC(=O)OC(C)(C)C)nc2c1c(=O)n(Cc1cc3c(Cl)cccc3n1C(=O)OC(C)(C)C)c(=O)n2C. The van der Waals surface area contributed by atoms with E-state index in [1.54, 1.807) is 65.8 Å². The summed E-state index contributed by atoms with van der Waals surface area (Å²) in [6, 6.07) is 5.66. The van der Waals surface area contributed by atoms with E-state index in [1.807, 2.05) is 0 Å². The molecule has 4 aromatic rings. The van der Waals surface area contributed by atoms with Gasteiger partial charge in [0.15, 0.2) is 11.2 Å². The highest BCUT2D eigenvalue weighted by molar-refractivity contribution is 6.35. The zero-order valence-corrected chi connectivity index (χ0v) is 25.6. The number of carbonyl (C=O) groups excluding carboxylic acids is 2. The van der Waals surface area contributed by atoms with Gasteiger partial charge < -0.3 is 24.5 Å². The first-order valence-electron chi connectivity index (χ1n) is 13.2. The van der Waals surface area contributed by atoms with Gasteiger partial charge >= 0.3 is 17.9 Å². The Hall–Kier alpha value is -4.10. The summed E-state index contributed by atoms with van der Waals surface area (Å²) in [7, 11) is 2.99. The lowest BCUT2D eigenvalue weighted by Gasteiger charge is -2.22. The maximum absolute atomic E-state index is 13.8. The molecule has 1 atom stereocenters. The number of ether oxygens (including phenoxy) is 2. The fraction of sp³-hybridized carbons (Fsp3) is 0.464. The van der Waals surface area contributed by atoms with Crippen molar-refractivity contribution in [2.24, 2.45) is 14.1 Å². The largest absolute Gasteiger partial charge is 0.444 e. The number of halogens is 1. The first-order chi connectivity index (χ1) is 19.4. The Bertz CT molecular complexity index is 1820.